The van der Waals surface area contributed by atoms with Crippen molar-refractivity contribution in [2.45, 2.75) is 39.7 Å². The Hall–Kier alpha value is -1.74. The zero-order valence-corrected chi connectivity index (χ0v) is 12.4. The second-order valence-electron chi connectivity index (χ2n) is 5.70. The molecule has 0 amide bonds. The van der Waals surface area contributed by atoms with Crippen LogP contribution in [0, 0.1) is 20.8 Å². The maximum absolute atomic E-state index is 4.78. The quantitative estimate of drug-likeness (QED) is 0.905. The fraction of sp³-hybridized carbons (Fsp3) is 0.412. The lowest BCUT2D eigenvalue weighted by atomic mass is 9.98. The first-order chi connectivity index (χ1) is 9.65. The van der Waals surface area contributed by atoms with Crippen molar-refractivity contribution in [1.82, 2.24) is 15.3 Å². The second kappa shape index (κ2) is 5.33. The van der Waals surface area contributed by atoms with Gasteiger partial charge in [-0.1, -0.05) is 6.07 Å². The van der Waals surface area contributed by atoms with E-state index in [1.54, 1.807) is 0 Å². The summed E-state index contributed by atoms with van der Waals surface area (Å²) in [7, 11) is 0. The van der Waals surface area contributed by atoms with Crippen LogP contribution in [0.25, 0.3) is 11.3 Å². The first-order valence-corrected chi connectivity index (χ1v) is 7.29. The molecule has 1 saturated heterocycles. The molecule has 1 aliphatic heterocycles. The Labute approximate surface area is 120 Å². The van der Waals surface area contributed by atoms with E-state index < -0.39 is 0 Å². The van der Waals surface area contributed by atoms with E-state index in [2.05, 4.69) is 43.2 Å². The minimum Gasteiger partial charge on any atom is -0.307 e. The number of aromatic nitrogens is 2. The van der Waals surface area contributed by atoms with E-state index in [1.807, 2.05) is 12.3 Å². The summed E-state index contributed by atoms with van der Waals surface area (Å²) in [6.45, 7) is 7.52. The van der Waals surface area contributed by atoms with Crippen molar-refractivity contribution in [1.29, 1.82) is 0 Å². The van der Waals surface area contributed by atoms with Crippen molar-refractivity contribution in [3.05, 3.63) is 46.9 Å². The number of hydrogen-bond donors (Lipinski definition) is 1. The molecule has 3 nitrogen and oxygen atoms in total. The highest BCUT2D eigenvalue weighted by Gasteiger charge is 2.19. The second-order valence-corrected chi connectivity index (χ2v) is 5.70. The van der Waals surface area contributed by atoms with Crippen LogP contribution in [0.2, 0.25) is 0 Å². The zero-order chi connectivity index (χ0) is 14.1. The molecule has 0 radical (unpaired) electrons. The van der Waals surface area contributed by atoms with Crippen molar-refractivity contribution < 1.29 is 0 Å². The lowest BCUT2D eigenvalue weighted by Crippen LogP contribution is -2.16. The monoisotopic (exact) mass is 267 g/mol. The number of nitrogens with one attached hydrogen (secondary N) is 1. The SMILES string of the molecule is Cc1cc(C)c(-c2ccnc(C3CCCN3)n2)cc1C. The molecule has 104 valence electrons. The lowest BCUT2D eigenvalue weighted by molar-refractivity contribution is 0.605. The van der Waals surface area contributed by atoms with Gasteiger partial charge in [-0.25, -0.2) is 9.97 Å². The molecule has 1 unspecified atom stereocenters. The number of nitrogens with zero attached hydrogens (tertiary/aromatic N) is 2. The minimum absolute atomic E-state index is 0.321. The Morgan fingerprint density at radius 3 is 2.65 bits per heavy atom. The summed E-state index contributed by atoms with van der Waals surface area (Å²) in [5.74, 6) is 0.928. The molecule has 0 saturated carbocycles. The first-order valence-electron chi connectivity index (χ1n) is 7.29. The van der Waals surface area contributed by atoms with Crippen molar-refractivity contribution in [2.24, 2.45) is 0 Å². The van der Waals surface area contributed by atoms with Crippen LogP contribution in [-0.4, -0.2) is 16.5 Å². The van der Waals surface area contributed by atoms with Crippen LogP contribution >= 0.6 is 0 Å². The van der Waals surface area contributed by atoms with E-state index in [1.165, 1.54) is 28.7 Å². The fourth-order valence-electron chi connectivity index (χ4n) is 2.83. The van der Waals surface area contributed by atoms with Gasteiger partial charge in [0.2, 0.25) is 0 Å². The molecule has 2 aromatic rings. The van der Waals surface area contributed by atoms with Crippen LogP contribution in [0.4, 0.5) is 0 Å². The van der Waals surface area contributed by atoms with Gasteiger partial charge < -0.3 is 5.32 Å². The summed E-state index contributed by atoms with van der Waals surface area (Å²) in [4.78, 5) is 9.23. The van der Waals surface area contributed by atoms with Crippen LogP contribution in [0.15, 0.2) is 24.4 Å². The Kier molecular flexibility index (Phi) is 3.53. The van der Waals surface area contributed by atoms with E-state index in [0.29, 0.717) is 6.04 Å². The van der Waals surface area contributed by atoms with Gasteiger partial charge in [0, 0.05) is 11.8 Å². The third kappa shape index (κ3) is 2.46. The summed E-state index contributed by atoms with van der Waals surface area (Å²) in [5.41, 5.74) is 6.17. The number of aryl methyl sites for hydroxylation is 3. The van der Waals surface area contributed by atoms with Gasteiger partial charge in [0.15, 0.2) is 0 Å². The van der Waals surface area contributed by atoms with E-state index in [-0.39, 0.29) is 0 Å². The summed E-state index contributed by atoms with van der Waals surface area (Å²) >= 11 is 0. The van der Waals surface area contributed by atoms with E-state index >= 15 is 0 Å². The molecule has 0 spiro atoms. The van der Waals surface area contributed by atoms with Gasteiger partial charge in [0.25, 0.3) is 0 Å². The number of benzene rings is 1. The molecule has 20 heavy (non-hydrogen) atoms. The lowest BCUT2D eigenvalue weighted by Gasteiger charge is -2.12. The highest BCUT2D eigenvalue weighted by Crippen LogP contribution is 2.27. The molecule has 1 atom stereocenters. The number of rotatable bonds is 2. The van der Waals surface area contributed by atoms with Gasteiger partial charge in [-0.3, -0.25) is 0 Å². The van der Waals surface area contributed by atoms with Gasteiger partial charge in [0.05, 0.1) is 11.7 Å². The van der Waals surface area contributed by atoms with Crippen LogP contribution in [0.3, 0.4) is 0 Å². The third-order valence-corrected chi connectivity index (χ3v) is 4.16. The standard InChI is InChI=1S/C17H21N3/c1-11-9-13(3)14(10-12(11)2)15-6-8-19-17(20-15)16-5-4-7-18-16/h6,8-10,16,18H,4-5,7H2,1-3H3. The Morgan fingerprint density at radius 1 is 1.10 bits per heavy atom. The first kappa shape index (κ1) is 13.3. The molecule has 1 aromatic carbocycles. The van der Waals surface area contributed by atoms with Crippen LogP contribution < -0.4 is 5.32 Å². The summed E-state index contributed by atoms with van der Waals surface area (Å²) in [6, 6.07) is 6.80. The maximum atomic E-state index is 4.78. The average Bonchev–Trinajstić information content (AvgIpc) is 2.97. The molecular formula is C17H21N3. The maximum Gasteiger partial charge on any atom is 0.145 e. The minimum atomic E-state index is 0.321. The molecule has 1 aliphatic rings. The molecule has 1 N–H and O–H groups in total. The Bertz CT molecular complexity index is 628. The third-order valence-electron chi connectivity index (χ3n) is 4.16. The normalized spacial score (nSPS) is 18.4. The van der Waals surface area contributed by atoms with Gasteiger partial charge in [-0.2, -0.15) is 0 Å². The Morgan fingerprint density at radius 2 is 1.90 bits per heavy atom. The predicted octanol–water partition coefficient (Wildman–Crippen LogP) is 3.49. The molecule has 0 aliphatic carbocycles. The highest BCUT2D eigenvalue weighted by atomic mass is 15.0. The summed E-state index contributed by atoms with van der Waals surface area (Å²) in [5, 5.41) is 3.46. The van der Waals surface area contributed by atoms with Crippen molar-refractivity contribution in [3.63, 3.8) is 0 Å². The molecule has 0 bridgehead atoms. The summed E-state index contributed by atoms with van der Waals surface area (Å²) in [6.07, 6.45) is 4.22. The van der Waals surface area contributed by atoms with E-state index in [4.69, 9.17) is 4.98 Å². The van der Waals surface area contributed by atoms with Gasteiger partial charge in [-0.05, 0) is 69.0 Å². The van der Waals surface area contributed by atoms with Crippen molar-refractivity contribution >= 4 is 0 Å². The topological polar surface area (TPSA) is 37.8 Å². The van der Waals surface area contributed by atoms with Gasteiger partial charge in [0.1, 0.15) is 5.82 Å². The molecule has 2 heterocycles. The predicted molar refractivity (Wildman–Crippen MR) is 81.7 cm³/mol. The Balaban J connectivity index is 2.02. The zero-order valence-electron chi connectivity index (χ0n) is 12.4. The number of hydrogen-bond acceptors (Lipinski definition) is 3. The molecule has 1 fully saturated rings. The van der Waals surface area contributed by atoms with Crippen molar-refractivity contribution in [3.8, 4) is 11.3 Å². The van der Waals surface area contributed by atoms with Crippen molar-refractivity contribution in [2.75, 3.05) is 6.54 Å². The van der Waals surface area contributed by atoms with Crippen LogP contribution in [-0.2, 0) is 0 Å². The van der Waals surface area contributed by atoms with E-state index in [0.717, 1.165) is 24.5 Å². The smallest absolute Gasteiger partial charge is 0.145 e. The fourth-order valence-corrected chi connectivity index (χ4v) is 2.83. The summed E-state index contributed by atoms with van der Waals surface area (Å²) < 4.78 is 0. The molecule has 1 aromatic heterocycles. The van der Waals surface area contributed by atoms with Gasteiger partial charge in [-0.15, -0.1) is 0 Å². The molecule has 3 rings (SSSR count). The van der Waals surface area contributed by atoms with E-state index in [9.17, 15) is 0 Å². The van der Waals surface area contributed by atoms with Gasteiger partial charge >= 0.3 is 0 Å². The molecular weight excluding hydrogens is 246 g/mol. The highest BCUT2D eigenvalue weighted by molar-refractivity contribution is 5.65. The van der Waals surface area contributed by atoms with Crippen LogP contribution in [0.5, 0.6) is 0 Å². The average molecular weight is 267 g/mol. The molecule has 3 heteroatoms. The van der Waals surface area contributed by atoms with Crippen LogP contribution in [0.1, 0.15) is 41.4 Å². The largest absolute Gasteiger partial charge is 0.307 e.